The molecule has 0 fully saturated rings. The van der Waals surface area contributed by atoms with Crippen LogP contribution in [0.3, 0.4) is 0 Å². The molecule has 0 radical (unpaired) electrons. The van der Waals surface area contributed by atoms with Crippen LogP contribution in [0, 0.1) is 6.92 Å². The van der Waals surface area contributed by atoms with Gasteiger partial charge < -0.3 is 10.1 Å². The zero-order valence-electron chi connectivity index (χ0n) is 16.5. The van der Waals surface area contributed by atoms with E-state index in [1.807, 2.05) is 48.3 Å². The van der Waals surface area contributed by atoms with E-state index in [1.54, 1.807) is 11.8 Å². The molecule has 1 unspecified atom stereocenters. The van der Waals surface area contributed by atoms with Crippen molar-refractivity contribution in [2.24, 2.45) is 0 Å². The second-order valence-electron chi connectivity index (χ2n) is 7.12. The number of aromatic nitrogens is 4. The molecule has 1 aliphatic rings. The molecular formula is C21H25N5O2. The first-order valence-electron chi connectivity index (χ1n) is 9.67. The van der Waals surface area contributed by atoms with Gasteiger partial charge in [0.25, 0.3) is 0 Å². The van der Waals surface area contributed by atoms with Crippen molar-refractivity contribution in [1.29, 1.82) is 0 Å². The molecule has 1 amide bonds. The van der Waals surface area contributed by atoms with Crippen molar-refractivity contribution in [3.63, 3.8) is 0 Å². The lowest BCUT2D eigenvalue weighted by atomic mass is 9.87. The summed E-state index contributed by atoms with van der Waals surface area (Å²) in [5.74, 6) is 1.54. The third-order valence-corrected chi connectivity index (χ3v) is 5.23. The van der Waals surface area contributed by atoms with Gasteiger partial charge in [0.15, 0.2) is 0 Å². The summed E-state index contributed by atoms with van der Waals surface area (Å²) in [5.41, 5.74) is 3.92. The lowest BCUT2D eigenvalue weighted by molar-refractivity contribution is -0.116. The van der Waals surface area contributed by atoms with Crippen molar-refractivity contribution in [2.75, 3.05) is 12.4 Å². The van der Waals surface area contributed by atoms with Gasteiger partial charge in [-0.05, 0) is 31.0 Å². The van der Waals surface area contributed by atoms with E-state index >= 15 is 0 Å². The van der Waals surface area contributed by atoms with Crippen molar-refractivity contribution in [3.8, 4) is 11.4 Å². The average Bonchev–Trinajstić information content (AvgIpc) is 3.31. The fraction of sp³-hybridized carbons (Fsp3) is 0.381. The van der Waals surface area contributed by atoms with Gasteiger partial charge in [-0.15, -0.1) is 0 Å². The first kappa shape index (κ1) is 18.3. The van der Waals surface area contributed by atoms with Crippen LogP contribution in [0.5, 0.6) is 5.75 Å². The van der Waals surface area contributed by atoms with E-state index < -0.39 is 0 Å². The summed E-state index contributed by atoms with van der Waals surface area (Å²) in [6.45, 7) is 4.97. The summed E-state index contributed by atoms with van der Waals surface area (Å²) in [6.07, 6.45) is 6.32. The maximum absolute atomic E-state index is 12.4. The van der Waals surface area contributed by atoms with Gasteiger partial charge in [0.1, 0.15) is 17.3 Å². The summed E-state index contributed by atoms with van der Waals surface area (Å²) < 4.78 is 9.19. The van der Waals surface area contributed by atoms with Gasteiger partial charge >= 0.3 is 0 Å². The van der Waals surface area contributed by atoms with Crippen LogP contribution in [0.25, 0.3) is 5.69 Å². The summed E-state index contributed by atoms with van der Waals surface area (Å²) in [4.78, 5) is 12.4. The van der Waals surface area contributed by atoms with E-state index in [0.29, 0.717) is 6.42 Å². The smallest absolute Gasteiger partial charge is 0.226 e. The van der Waals surface area contributed by atoms with Crippen LogP contribution in [0.15, 0.2) is 36.7 Å². The molecule has 0 spiro atoms. The van der Waals surface area contributed by atoms with E-state index in [0.717, 1.165) is 53.5 Å². The normalized spacial score (nSPS) is 16.0. The fourth-order valence-corrected chi connectivity index (χ4v) is 3.84. The molecule has 146 valence electrons. The number of carbonyl (C=O) groups excluding carboxylic acids is 1. The van der Waals surface area contributed by atoms with Gasteiger partial charge in [0, 0.05) is 30.6 Å². The molecule has 0 bridgehead atoms. The molecule has 3 heterocycles. The van der Waals surface area contributed by atoms with Gasteiger partial charge in [0.2, 0.25) is 5.91 Å². The van der Waals surface area contributed by atoms with Crippen molar-refractivity contribution in [3.05, 3.63) is 53.5 Å². The van der Waals surface area contributed by atoms with E-state index in [-0.39, 0.29) is 11.8 Å². The van der Waals surface area contributed by atoms with E-state index in [4.69, 9.17) is 4.74 Å². The van der Waals surface area contributed by atoms with Crippen LogP contribution in [-0.2, 0) is 11.3 Å². The number of aryl methyl sites for hydroxylation is 2. The number of ether oxygens (including phenoxy) is 1. The second-order valence-corrected chi connectivity index (χ2v) is 7.12. The highest BCUT2D eigenvalue weighted by Crippen LogP contribution is 2.39. The molecule has 1 N–H and O–H groups in total. The van der Waals surface area contributed by atoms with Gasteiger partial charge in [-0.3, -0.25) is 4.79 Å². The molecule has 4 rings (SSSR count). The van der Waals surface area contributed by atoms with E-state index in [1.165, 1.54) is 0 Å². The predicted octanol–water partition coefficient (Wildman–Crippen LogP) is 3.66. The number of rotatable bonds is 6. The number of unbranched alkanes of at least 4 members (excludes halogenated alkanes) is 1. The fourth-order valence-electron chi connectivity index (χ4n) is 3.84. The molecule has 0 aliphatic carbocycles. The summed E-state index contributed by atoms with van der Waals surface area (Å²) in [7, 11) is 1.65. The molecule has 0 saturated heterocycles. The average molecular weight is 379 g/mol. The molecule has 28 heavy (non-hydrogen) atoms. The Morgan fingerprint density at radius 3 is 2.93 bits per heavy atom. The Morgan fingerprint density at radius 2 is 2.14 bits per heavy atom. The highest BCUT2D eigenvalue weighted by Gasteiger charge is 2.33. The molecular weight excluding hydrogens is 354 g/mol. The van der Waals surface area contributed by atoms with Crippen LogP contribution in [-0.4, -0.2) is 32.6 Å². The number of fused-ring (bicyclic) bond motifs is 1. The third-order valence-electron chi connectivity index (χ3n) is 5.23. The van der Waals surface area contributed by atoms with Crippen molar-refractivity contribution in [2.45, 2.75) is 45.6 Å². The van der Waals surface area contributed by atoms with Gasteiger partial charge in [-0.25, -0.2) is 9.36 Å². The van der Waals surface area contributed by atoms with Gasteiger partial charge in [-0.2, -0.15) is 10.2 Å². The molecule has 1 atom stereocenters. The first-order valence-corrected chi connectivity index (χ1v) is 9.67. The standard InChI is InChI=1S/C21H25N5O2/c1-4-5-10-25-21-20(14(2)24-25)16(11-19(27)23-21)15-12-22-26(13-15)17-8-6-7-9-18(17)28-3/h6-9,12-13,16H,4-5,10-11H2,1-3H3,(H,23,27). The van der Waals surface area contributed by atoms with Crippen LogP contribution >= 0.6 is 0 Å². The predicted molar refractivity (Wildman–Crippen MR) is 107 cm³/mol. The molecule has 2 aromatic heterocycles. The highest BCUT2D eigenvalue weighted by molar-refractivity contribution is 5.94. The molecule has 0 saturated carbocycles. The Balaban J connectivity index is 1.73. The number of hydrogen-bond donors (Lipinski definition) is 1. The number of benzene rings is 1. The Morgan fingerprint density at radius 1 is 1.32 bits per heavy atom. The number of methoxy groups -OCH3 is 1. The van der Waals surface area contributed by atoms with Gasteiger partial charge in [0.05, 0.1) is 19.0 Å². The largest absolute Gasteiger partial charge is 0.494 e. The summed E-state index contributed by atoms with van der Waals surface area (Å²) >= 11 is 0. The Kier molecular flexibility index (Phi) is 4.90. The maximum Gasteiger partial charge on any atom is 0.226 e. The molecule has 3 aromatic rings. The van der Waals surface area contributed by atoms with Crippen molar-refractivity contribution in [1.82, 2.24) is 19.6 Å². The second kappa shape index (κ2) is 7.50. The molecule has 1 aromatic carbocycles. The number of amides is 1. The number of nitrogens with one attached hydrogen (secondary N) is 1. The van der Waals surface area contributed by atoms with E-state index in [2.05, 4.69) is 22.4 Å². The lowest BCUT2D eigenvalue weighted by Crippen LogP contribution is -2.25. The summed E-state index contributed by atoms with van der Waals surface area (Å²) in [5, 5.41) is 12.2. The Hall–Kier alpha value is -3.09. The number of carbonyl (C=O) groups is 1. The Labute approximate surface area is 164 Å². The van der Waals surface area contributed by atoms with Gasteiger partial charge in [-0.1, -0.05) is 25.5 Å². The van der Waals surface area contributed by atoms with E-state index in [9.17, 15) is 4.79 Å². The minimum Gasteiger partial charge on any atom is -0.494 e. The molecule has 7 heteroatoms. The molecule has 1 aliphatic heterocycles. The van der Waals surface area contributed by atoms with Crippen LogP contribution in [0.1, 0.15) is 48.9 Å². The monoisotopic (exact) mass is 379 g/mol. The number of nitrogens with zero attached hydrogens (tertiary/aromatic N) is 4. The van der Waals surface area contributed by atoms with Crippen LogP contribution in [0.4, 0.5) is 5.82 Å². The minimum absolute atomic E-state index is 0.0141. The minimum atomic E-state index is -0.0532. The molecule has 7 nitrogen and oxygen atoms in total. The number of anilines is 1. The first-order chi connectivity index (χ1) is 13.6. The third kappa shape index (κ3) is 3.17. The van der Waals surface area contributed by atoms with Crippen LogP contribution < -0.4 is 10.1 Å². The quantitative estimate of drug-likeness (QED) is 0.709. The van der Waals surface area contributed by atoms with Crippen molar-refractivity contribution < 1.29 is 9.53 Å². The number of hydrogen-bond acceptors (Lipinski definition) is 4. The van der Waals surface area contributed by atoms with Crippen molar-refractivity contribution >= 4 is 11.7 Å². The lowest BCUT2D eigenvalue weighted by Gasteiger charge is -2.23. The summed E-state index contributed by atoms with van der Waals surface area (Å²) in [6, 6.07) is 7.75. The topological polar surface area (TPSA) is 74.0 Å². The van der Waals surface area contributed by atoms with Crippen LogP contribution in [0.2, 0.25) is 0 Å². The maximum atomic E-state index is 12.4. The zero-order chi connectivity index (χ0) is 19.7. The number of para-hydroxylation sites is 2. The highest BCUT2D eigenvalue weighted by atomic mass is 16.5. The zero-order valence-corrected chi connectivity index (χ0v) is 16.5. The Bertz CT molecular complexity index is 1000. The SMILES string of the molecule is CCCCn1nc(C)c2c1NC(=O)CC2c1cnn(-c2ccccc2OC)c1.